The van der Waals surface area contributed by atoms with Crippen LogP contribution in [-0.2, 0) is 0 Å². The van der Waals surface area contributed by atoms with Gasteiger partial charge in [0.2, 0.25) is 0 Å². The van der Waals surface area contributed by atoms with Crippen LogP contribution in [-0.4, -0.2) is 23.8 Å². The third-order valence-corrected chi connectivity index (χ3v) is 1.92. The van der Waals surface area contributed by atoms with Gasteiger partial charge in [0.15, 0.2) is 11.7 Å². The van der Waals surface area contributed by atoms with E-state index in [4.69, 9.17) is 5.73 Å². The number of hydrogen-bond acceptors (Lipinski definition) is 3. The summed E-state index contributed by atoms with van der Waals surface area (Å²) < 4.78 is 40.2. The van der Waals surface area contributed by atoms with E-state index in [9.17, 15) is 18.0 Å². The van der Waals surface area contributed by atoms with Gasteiger partial charge in [0.05, 0.1) is 0 Å². The van der Waals surface area contributed by atoms with Crippen LogP contribution in [0.25, 0.3) is 0 Å². The first-order valence-electron chi connectivity index (χ1n) is 4.93. The van der Waals surface area contributed by atoms with Gasteiger partial charge < -0.3 is 10.5 Å². The van der Waals surface area contributed by atoms with Crippen molar-refractivity contribution in [2.45, 2.75) is 6.18 Å². The van der Waals surface area contributed by atoms with Gasteiger partial charge in [-0.3, -0.25) is 15.6 Å². The minimum Gasteiger partial charge on any atom is -0.484 e. The van der Waals surface area contributed by atoms with Gasteiger partial charge in [-0.15, -0.1) is 0 Å². The number of ether oxygens (including phenoxy) is 1. The number of hydrogen-bond donors (Lipinski definition) is 3. The van der Waals surface area contributed by atoms with Gasteiger partial charge in [-0.25, -0.2) is 0 Å². The number of amides is 1. The predicted molar refractivity (Wildman–Crippen MR) is 65.4 cm³/mol. The largest absolute Gasteiger partial charge is 0.484 e. The van der Waals surface area contributed by atoms with E-state index in [0.717, 1.165) is 0 Å². The number of hydrazine groups is 1. The lowest BCUT2D eigenvalue weighted by Crippen LogP contribution is -2.44. The van der Waals surface area contributed by atoms with E-state index in [-0.39, 0.29) is 16.4 Å². The fourth-order valence-corrected chi connectivity index (χ4v) is 1.11. The molecule has 9 heteroatoms. The average molecular weight is 293 g/mol. The molecule has 104 valence electrons. The smallest absolute Gasteiger partial charge is 0.422 e. The number of nitrogens with one attached hydrogen (secondary N) is 2. The van der Waals surface area contributed by atoms with E-state index in [2.05, 4.69) is 27.8 Å². The molecule has 0 bridgehead atoms. The summed E-state index contributed by atoms with van der Waals surface area (Å²) >= 11 is 4.48. The minimum absolute atomic E-state index is 0.0104. The summed E-state index contributed by atoms with van der Waals surface area (Å²) in [6.45, 7) is -1.39. The third-order valence-electron chi connectivity index (χ3n) is 1.82. The minimum atomic E-state index is -4.41. The number of benzene rings is 1. The molecule has 0 unspecified atom stereocenters. The molecular weight excluding hydrogens is 283 g/mol. The van der Waals surface area contributed by atoms with Crippen molar-refractivity contribution in [3.8, 4) is 5.75 Å². The average Bonchev–Trinajstić information content (AvgIpc) is 2.33. The zero-order chi connectivity index (χ0) is 14.5. The molecule has 0 aliphatic carbocycles. The molecule has 0 atom stereocenters. The second-order valence-corrected chi connectivity index (χ2v) is 3.81. The fraction of sp³-hybridized carbons (Fsp3) is 0.200. The van der Waals surface area contributed by atoms with E-state index in [1.54, 1.807) is 0 Å². The molecule has 4 N–H and O–H groups in total. The summed E-state index contributed by atoms with van der Waals surface area (Å²) in [7, 11) is 0. The molecular formula is C10H10F3N3O2S. The van der Waals surface area contributed by atoms with Crippen LogP contribution in [0.4, 0.5) is 13.2 Å². The van der Waals surface area contributed by atoms with Crippen molar-refractivity contribution < 1.29 is 22.7 Å². The molecule has 0 fully saturated rings. The van der Waals surface area contributed by atoms with Gasteiger partial charge in [0.1, 0.15) is 5.75 Å². The Labute approximate surface area is 111 Å². The highest BCUT2D eigenvalue weighted by molar-refractivity contribution is 7.80. The van der Waals surface area contributed by atoms with Crippen LogP contribution < -0.4 is 21.3 Å². The molecule has 0 aliphatic rings. The molecule has 0 saturated carbocycles. The maximum absolute atomic E-state index is 11.9. The van der Waals surface area contributed by atoms with Crippen molar-refractivity contribution in [3.05, 3.63) is 29.8 Å². The van der Waals surface area contributed by atoms with Gasteiger partial charge in [0.25, 0.3) is 5.91 Å². The fourth-order valence-electron chi connectivity index (χ4n) is 1.06. The van der Waals surface area contributed by atoms with Crippen LogP contribution in [0.3, 0.4) is 0 Å². The summed E-state index contributed by atoms with van der Waals surface area (Å²) in [5.74, 6) is -0.522. The molecule has 0 aliphatic heterocycles. The number of carbonyl (C=O) groups is 1. The van der Waals surface area contributed by atoms with E-state index < -0.39 is 18.7 Å². The number of thiocarbonyl (C=S) groups is 1. The summed E-state index contributed by atoms with van der Waals surface area (Å²) in [6.07, 6.45) is -4.41. The molecule has 5 nitrogen and oxygen atoms in total. The highest BCUT2D eigenvalue weighted by atomic mass is 32.1. The molecule has 0 heterocycles. The van der Waals surface area contributed by atoms with Crippen molar-refractivity contribution in [2.24, 2.45) is 5.73 Å². The van der Waals surface area contributed by atoms with Gasteiger partial charge >= 0.3 is 6.18 Å². The van der Waals surface area contributed by atoms with Gasteiger partial charge in [-0.2, -0.15) is 13.2 Å². The van der Waals surface area contributed by atoms with Crippen molar-refractivity contribution in [3.63, 3.8) is 0 Å². The highest BCUT2D eigenvalue weighted by Gasteiger charge is 2.28. The van der Waals surface area contributed by atoms with Crippen molar-refractivity contribution in [2.75, 3.05) is 6.61 Å². The molecule has 1 aromatic rings. The SMILES string of the molecule is NC(=S)NNC(=O)c1ccc(OCC(F)(F)F)cc1. The van der Waals surface area contributed by atoms with Crippen molar-refractivity contribution in [1.29, 1.82) is 0 Å². The van der Waals surface area contributed by atoms with E-state index in [1.165, 1.54) is 24.3 Å². The molecule has 1 aromatic carbocycles. The Morgan fingerprint density at radius 1 is 1.26 bits per heavy atom. The molecule has 1 amide bonds. The lowest BCUT2D eigenvalue weighted by molar-refractivity contribution is -0.153. The number of carbonyl (C=O) groups excluding carboxylic acids is 1. The number of alkyl halides is 3. The summed E-state index contributed by atoms with van der Waals surface area (Å²) in [6, 6.07) is 5.12. The van der Waals surface area contributed by atoms with E-state index in [0.29, 0.717) is 0 Å². The highest BCUT2D eigenvalue weighted by Crippen LogP contribution is 2.18. The standard InChI is InChI=1S/C10H10F3N3O2S/c11-10(12,13)5-18-7-3-1-6(2-4-7)8(17)15-16-9(14)19/h1-4H,5H2,(H,15,17)(H3,14,16,19). The Morgan fingerprint density at radius 3 is 2.32 bits per heavy atom. The zero-order valence-electron chi connectivity index (χ0n) is 9.45. The topological polar surface area (TPSA) is 76.4 Å². The molecule has 0 aromatic heterocycles. The normalized spacial score (nSPS) is 10.7. The number of rotatable bonds is 3. The third kappa shape index (κ3) is 5.91. The van der Waals surface area contributed by atoms with Gasteiger partial charge in [-0.05, 0) is 36.5 Å². The maximum atomic E-state index is 11.9. The quantitative estimate of drug-likeness (QED) is 0.575. The number of nitrogens with two attached hydrogens (primary N) is 1. The van der Waals surface area contributed by atoms with Crippen LogP contribution in [0.5, 0.6) is 5.75 Å². The summed E-state index contributed by atoms with van der Waals surface area (Å²) in [5.41, 5.74) is 9.74. The Morgan fingerprint density at radius 2 is 1.84 bits per heavy atom. The van der Waals surface area contributed by atoms with Crippen molar-refractivity contribution >= 4 is 23.2 Å². The summed E-state index contributed by atoms with van der Waals surface area (Å²) in [4.78, 5) is 11.5. The van der Waals surface area contributed by atoms with Crippen LogP contribution >= 0.6 is 12.2 Å². The van der Waals surface area contributed by atoms with Crippen LogP contribution in [0, 0.1) is 0 Å². The molecule has 1 rings (SSSR count). The van der Waals surface area contributed by atoms with E-state index in [1.807, 2.05) is 0 Å². The lowest BCUT2D eigenvalue weighted by Gasteiger charge is -2.10. The molecule has 0 radical (unpaired) electrons. The van der Waals surface area contributed by atoms with Gasteiger partial charge in [0, 0.05) is 5.56 Å². The Bertz CT molecular complexity index is 462. The van der Waals surface area contributed by atoms with Gasteiger partial charge in [-0.1, -0.05) is 0 Å². The maximum Gasteiger partial charge on any atom is 0.422 e. The molecule has 0 saturated heterocycles. The molecule has 19 heavy (non-hydrogen) atoms. The van der Waals surface area contributed by atoms with Crippen LogP contribution in [0.2, 0.25) is 0 Å². The van der Waals surface area contributed by atoms with Crippen LogP contribution in [0.15, 0.2) is 24.3 Å². The first-order chi connectivity index (χ1) is 8.78. The second-order valence-electron chi connectivity index (χ2n) is 3.37. The van der Waals surface area contributed by atoms with E-state index >= 15 is 0 Å². The Balaban J connectivity index is 2.56. The second kappa shape index (κ2) is 6.23. The first kappa shape index (κ1) is 15.0. The summed E-state index contributed by atoms with van der Waals surface area (Å²) in [5, 5.41) is -0.113. The Hall–Kier alpha value is -2.03. The Kier molecular flexibility index (Phi) is 4.93. The first-order valence-corrected chi connectivity index (χ1v) is 5.34. The number of halogens is 3. The van der Waals surface area contributed by atoms with Crippen LogP contribution in [0.1, 0.15) is 10.4 Å². The zero-order valence-corrected chi connectivity index (χ0v) is 10.3. The lowest BCUT2D eigenvalue weighted by atomic mass is 10.2. The monoisotopic (exact) mass is 293 g/mol. The predicted octanol–water partition coefficient (Wildman–Crippen LogP) is 1.11. The molecule has 0 spiro atoms. The van der Waals surface area contributed by atoms with Crippen molar-refractivity contribution in [1.82, 2.24) is 10.9 Å².